The zero-order valence-corrected chi connectivity index (χ0v) is 19.1. The molecule has 2 aliphatic rings. The molecule has 0 spiro atoms. The summed E-state index contributed by atoms with van der Waals surface area (Å²) in [5, 5.41) is 0. The predicted octanol–water partition coefficient (Wildman–Crippen LogP) is 1.51. The van der Waals surface area contributed by atoms with Crippen LogP contribution in [0.3, 0.4) is 0 Å². The molecular formula is C20H29NaO5S. The molecule has 3 rings (SSSR count). The van der Waals surface area contributed by atoms with Gasteiger partial charge in [-0.1, -0.05) is 38.5 Å². The first-order valence-corrected chi connectivity index (χ1v) is 11.3. The Morgan fingerprint density at radius 3 is 1.89 bits per heavy atom. The topological polar surface area (TPSA) is 75.7 Å². The molecule has 146 valence electrons. The van der Waals surface area contributed by atoms with Crippen LogP contribution >= 0.6 is 0 Å². The van der Waals surface area contributed by atoms with Gasteiger partial charge in [0, 0.05) is 6.07 Å². The molecule has 0 radical (unpaired) electrons. The van der Waals surface area contributed by atoms with Gasteiger partial charge in [-0.15, -0.1) is 0 Å². The second kappa shape index (κ2) is 11.1. The maximum atomic E-state index is 11.5. The predicted molar refractivity (Wildman–Crippen MR) is 98.5 cm³/mol. The van der Waals surface area contributed by atoms with Crippen LogP contribution in [0.15, 0.2) is 23.1 Å². The third-order valence-electron chi connectivity index (χ3n) is 5.59. The van der Waals surface area contributed by atoms with Gasteiger partial charge in [0.25, 0.3) is 0 Å². The van der Waals surface area contributed by atoms with Crippen molar-refractivity contribution in [2.24, 2.45) is 11.8 Å². The van der Waals surface area contributed by atoms with Crippen molar-refractivity contribution < 1.29 is 52.0 Å². The monoisotopic (exact) mass is 404 g/mol. The Kier molecular flexibility index (Phi) is 9.42. The average Bonchev–Trinajstić information content (AvgIpc) is 2.65. The van der Waals surface area contributed by atoms with Crippen LogP contribution in [-0.2, 0) is 10.1 Å². The molecule has 2 fully saturated rings. The van der Waals surface area contributed by atoms with Crippen LogP contribution in [0.1, 0.15) is 64.2 Å². The maximum Gasteiger partial charge on any atom is 1.00 e. The third-order valence-corrected chi connectivity index (χ3v) is 6.47. The summed E-state index contributed by atoms with van der Waals surface area (Å²) in [5.41, 5.74) is 0. The largest absolute Gasteiger partial charge is 1.00 e. The Labute approximate surface area is 185 Å². The summed E-state index contributed by atoms with van der Waals surface area (Å²) >= 11 is 0. The minimum Gasteiger partial charge on any atom is -0.744 e. The Hall–Kier alpha value is -0.270. The summed E-state index contributed by atoms with van der Waals surface area (Å²) in [7, 11) is -4.57. The van der Waals surface area contributed by atoms with Crippen LogP contribution in [0.5, 0.6) is 11.5 Å². The summed E-state index contributed by atoms with van der Waals surface area (Å²) in [5.74, 6) is 1.68. The Morgan fingerprint density at radius 1 is 0.852 bits per heavy atom. The maximum absolute atomic E-state index is 11.5. The van der Waals surface area contributed by atoms with E-state index in [9.17, 15) is 13.0 Å². The first-order chi connectivity index (χ1) is 12.5. The fourth-order valence-electron chi connectivity index (χ4n) is 4.03. The second-order valence-corrected chi connectivity index (χ2v) is 9.04. The zero-order chi connectivity index (χ0) is 18.4. The van der Waals surface area contributed by atoms with Gasteiger partial charge in [-0.05, 0) is 49.7 Å². The van der Waals surface area contributed by atoms with Gasteiger partial charge >= 0.3 is 29.6 Å². The molecule has 27 heavy (non-hydrogen) atoms. The van der Waals surface area contributed by atoms with Crippen molar-refractivity contribution in [3.63, 3.8) is 0 Å². The van der Waals surface area contributed by atoms with E-state index in [-0.39, 0.29) is 40.2 Å². The molecule has 0 amide bonds. The molecule has 0 unspecified atom stereocenters. The molecule has 7 heteroatoms. The van der Waals surface area contributed by atoms with Gasteiger partial charge in [0.1, 0.15) is 21.6 Å². The molecule has 0 saturated heterocycles. The second-order valence-electron chi connectivity index (χ2n) is 7.69. The molecule has 2 saturated carbocycles. The van der Waals surface area contributed by atoms with E-state index >= 15 is 0 Å². The molecule has 0 bridgehead atoms. The van der Waals surface area contributed by atoms with Gasteiger partial charge in [0.05, 0.1) is 18.1 Å². The summed E-state index contributed by atoms with van der Waals surface area (Å²) in [6, 6.07) is 4.44. The van der Waals surface area contributed by atoms with E-state index in [1.54, 1.807) is 12.1 Å². The van der Waals surface area contributed by atoms with Crippen LogP contribution in [0.25, 0.3) is 0 Å². The van der Waals surface area contributed by atoms with Crippen molar-refractivity contribution in [1.82, 2.24) is 0 Å². The summed E-state index contributed by atoms with van der Waals surface area (Å²) in [6.07, 6.45) is 12.0. The number of ether oxygens (including phenoxy) is 2. The molecular weight excluding hydrogens is 375 g/mol. The summed E-state index contributed by atoms with van der Waals surface area (Å²) < 4.78 is 46.3. The van der Waals surface area contributed by atoms with Crippen molar-refractivity contribution >= 4 is 10.1 Å². The number of hydrogen-bond donors (Lipinski definition) is 0. The molecule has 2 aliphatic carbocycles. The molecule has 0 aromatic heterocycles. The Morgan fingerprint density at radius 2 is 1.37 bits per heavy atom. The summed E-state index contributed by atoms with van der Waals surface area (Å²) in [6.45, 7) is 1.08. The zero-order valence-electron chi connectivity index (χ0n) is 16.3. The molecule has 0 N–H and O–H groups in total. The Bertz CT molecular complexity index is 680. The van der Waals surface area contributed by atoms with Gasteiger partial charge in [-0.3, -0.25) is 0 Å². The quantitative estimate of drug-likeness (QED) is 0.509. The van der Waals surface area contributed by atoms with Crippen molar-refractivity contribution in [3.05, 3.63) is 18.2 Å². The molecule has 0 aliphatic heterocycles. The van der Waals surface area contributed by atoms with Gasteiger partial charge in [-0.25, -0.2) is 8.42 Å². The average molecular weight is 405 g/mol. The van der Waals surface area contributed by atoms with E-state index in [0.29, 0.717) is 30.8 Å². The first-order valence-electron chi connectivity index (χ1n) is 9.88. The molecule has 1 aromatic carbocycles. The minimum absolute atomic E-state index is 0. The standard InChI is InChI=1S/C20H30O5S.Na/c21-26(22,23)20-12-11-18(24-14-16-7-3-1-4-8-16)13-19(20)25-15-17-9-5-2-6-10-17;/h11-13,16-17H,1-10,14-15H2,(H,21,22,23);/q;+1/p-1. The van der Waals surface area contributed by atoms with Crippen LogP contribution in [0.2, 0.25) is 0 Å². The molecule has 0 heterocycles. The number of benzene rings is 1. The van der Waals surface area contributed by atoms with Crippen molar-refractivity contribution in [2.45, 2.75) is 69.1 Å². The van der Waals surface area contributed by atoms with E-state index in [0.717, 1.165) is 12.8 Å². The van der Waals surface area contributed by atoms with E-state index < -0.39 is 10.1 Å². The van der Waals surface area contributed by atoms with E-state index in [4.69, 9.17) is 9.47 Å². The van der Waals surface area contributed by atoms with Gasteiger partial charge in [-0.2, -0.15) is 0 Å². The van der Waals surface area contributed by atoms with E-state index in [2.05, 4.69) is 0 Å². The van der Waals surface area contributed by atoms with Gasteiger partial charge in [0.15, 0.2) is 0 Å². The fourth-order valence-corrected chi connectivity index (χ4v) is 4.63. The molecule has 1 aromatic rings. The molecule has 5 nitrogen and oxygen atoms in total. The Balaban J connectivity index is 0.00000261. The van der Waals surface area contributed by atoms with E-state index in [1.165, 1.54) is 57.4 Å². The van der Waals surface area contributed by atoms with Gasteiger partial charge in [0.2, 0.25) is 0 Å². The minimum atomic E-state index is -4.57. The van der Waals surface area contributed by atoms with Crippen LogP contribution < -0.4 is 39.0 Å². The molecule has 0 atom stereocenters. The van der Waals surface area contributed by atoms with Crippen molar-refractivity contribution in [2.75, 3.05) is 13.2 Å². The number of rotatable bonds is 7. The van der Waals surface area contributed by atoms with Crippen molar-refractivity contribution in [1.29, 1.82) is 0 Å². The van der Waals surface area contributed by atoms with Gasteiger partial charge < -0.3 is 14.0 Å². The SMILES string of the molecule is O=S(=O)([O-])c1ccc(OCC2CCCCC2)cc1OCC1CCCCC1.[Na+]. The van der Waals surface area contributed by atoms with Crippen LogP contribution in [-0.4, -0.2) is 26.2 Å². The van der Waals surface area contributed by atoms with Crippen LogP contribution in [0.4, 0.5) is 0 Å². The number of hydrogen-bond acceptors (Lipinski definition) is 5. The van der Waals surface area contributed by atoms with Crippen molar-refractivity contribution in [3.8, 4) is 11.5 Å². The fraction of sp³-hybridized carbons (Fsp3) is 0.700. The van der Waals surface area contributed by atoms with Crippen LogP contribution in [0, 0.1) is 11.8 Å². The summed E-state index contributed by atoms with van der Waals surface area (Å²) in [4.78, 5) is -0.293. The normalized spacial score (nSPS) is 19.3. The van der Waals surface area contributed by atoms with E-state index in [1.807, 2.05) is 0 Å². The smallest absolute Gasteiger partial charge is 0.744 e. The first kappa shape index (κ1) is 23.0. The third kappa shape index (κ3) is 7.24.